The Hall–Kier alpha value is -4.21. The van der Waals surface area contributed by atoms with Crippen molar-refractivity contribution in [3.05, 3.63) is 60.4 Å². The lowest BCUT2D eigenvalue weighted by atomic mass is 10.2. The molecule has 2 aromatic heterocycles. The molecule has 1 aliphatic rings. The molecule has 5 rings (SSSR count). The Morgan fingerprint density at radius 2 is 1.73 bits per heavy atom. The molecule has 1 aliphatic heterocycles. The van der Waals surface area contributed by atoms with Gasteiger partial charge < -0.3 is 25.3 Å². The number of imidazole rings is 1. The monoisotopic (exact) mass is 447 g/mol. The van der Waals surface area contributed by atoms with Gasteiger partial charge in [0.25, 0.3) is 5.91 Å². The number of hydrogen-bond acceptors (Lipinski definition) is 7. The molecule has 1 saturated heterocycles. The molecule has 168 valence electrons. The van der Waals surface area contributed by atoms with Crippen molar-refractivity contribution >= 4 is 28.8 Å². The van der Waals surface area contributed by atoms with Crippen LogP contribution in [0.5, 0.6) is 5.75 Å². The first-order valence-electron chi connectivity index (χ1n) is 10.6. The fourth-order valence-corrected chi connectivity index (χ4v) is 3.79. The number of aromatic nitrogens is 4. The molecule has 9 nitrogen and oxygen atoms in total. The lowest BCUT2D eigenvalue weighted by Gasteiger charge is -2.35. The molecule has 4 aromatic rings. The van der Waals surface area contributed by atoms with Crippen molar-refractivity contribution in [1.29, 1.82) is 0 Å². The standard InChI is InChI=1S/C23H22FN7O2/c24-16-8-6-15(7-9-16)20-26-19-21(27-20)28-23(25)29-22(19)31-12-10-30(11-13-31)18(32)14-33-17-4-2-1-3-5-17/h1-9H,10-14H2,(H3,25,26,27,28,29). The third kappa shape index (κ3) is 4.40. The summed E-state index contributed by atoms with van der Waals surface area (Å²) in [7, 11) is 0. The summed E-state index contributed by atoms with van der Waals surface area (Å²) in [5, 5.41) is 0. The number of amides is 1. The Kier molecular flexibility index (Phi) is 5.47. The van der Waals surface area contributed by atoms with E-state index in [1.165, 1.54) is 12.1 Å². The predicted molar refractivity (Wildman–Crippen MR) is 122 cm³/mol. The Morgan fingerprint density at radius 1 is 1.00 bits per heavy atom. The molecule has 0 unspecified atom stereocenters. The topological polar surface area (TPSA) is 113 Å². The van der Waals surface area contributed by atoms with E-state index in [1.807, 2.05) is 30.3 Å². The number of ether oxygens (including phenoxy) is 1. The van der Waals surface area contributed by atoms with Gasteiger partial charge in [-0.05, 0) is 36.4 Å². The summed E-state index contributed by atoms with van der Waals surface area (Å²) < 4.78 is 18.9. The van der Waals surface area contributed by atoms with E-state index < -0.39 is 0 Å². The molecule has 1 fully saturated rings. The number of nitrogen functional groups attached to an aromatic ring is 1. The minimum atomic E-state index is -0.318. The summed E-state index contributed by atoms with van der Waals surface area (Å²) in [6, 6.07) is 15.3. The fourth-order valence-electron chi connectivity index (χ4n) is 3.79. The second kappa shape index (κ2) is 8.73. The Bertz CT molecular complexity index is 1270. The summed E-state index contributed by atoms with van der Waals surface area (Å²) in [5.41, 5.74) is 7.75. The van der Waals surface area contributed by atoms with Gasteiger partial charge in [0, 0.05) is 31.7 Å². The number of nitrogens with one attached hydrogen (secondary N) is 1. The van der Waals surface area contributed by atoms with Gasteiger partial charge in [-0.3, -0.25) is 4.79 Å². The molecule has 33 heavy (non-hydrogen) atoms. The first-order valence-corrected chi connectivity index (χ1v) is 10.6. The highest BCUT2D eigenvalue weighted by Crippen LogP contribution is 2.27. The summed E-state index contributed by atoms with van der Waals surface area (Å²) in [4.78, 5) is 32.8. The van der Waals surface area contributed by atoms with Gasteiger partial charge in [-0.2, -0.15) is 9.97 Å². The van der Waals surface area contributed by atoms with Gasteiger partial charge in [-0.15, -0.1) is 0 Å². The van der Waals surface area contributed by atoms with Crippen LogP contribution in [-0.2, 0) is 4.79 Å². The third-order valence-corrected chi connectivity index (χ3v) is 5.50. The van der Waals surface area contributed by atoms with Crippen molar-refractivity contribution in [1.82, 2.24) is 24.8 Å². The van der Waals surface area contributed by atoms with Gasteiger partial charge in [-0.25, -0.2) is 9.37 Å². The Balaban J connectivity index is 1.30. The number of carbonyl (C=O) groups is 1. The van der Waals surface area contributed by atoms with Crippen LogP contribution in [0, 0.1) is 5.82 Å². The third-order valence-electron chi connectivity index (χ3n) is 5.50. The molecule has 0 saturated carbocycles. The minimum absolute atomic E-state index is 0.00368. The molecule has 1 amide bonds. The van der Waals surface area contributed by atoms with E-state index >= 15 is 0 Å². The van der Waals surface area contributed by atoms with Crippen molar-refractivity contribution in [2.45, 2.75) is 0 Å². The number of carbonyl (C=O) groups excluding carboxylic acids is 1. The van der Waals surface area contributed by atoms with Crippen LogP contribution >= 0.6 is 0 Å². The molecule has 3 heterocycles. The number of hydrogen-bond donors (Lipinski definition) is 2. The van der Waals surface area contributed by atoms with Crippen LogP contribution in [0.2, 0.25) is 0 Å². The highest BCUT2D eigenvalue weighted by Gasteiger charge is 2.25. The molecule has 0 spiro atoms. The Morgan fingerprint density at radius 3 is 2.45 bits per heavy atom. The summed E-state index contributed by atoms with van der Waals surface area (Å²) in [6.45, 7) is 2.21. The number of nitrogens with zero attached hydrogens (tertiary/aromatic N) is 5. The van der Waals surface area contributed by atoms with Crippen molar-refractivity contribution in [2.24, 2.45) is 0 Å². The number of para-hydroxylation sites is 1. The van der Waals surface area contributed by atoms with Crippen molar-refractivity contribution in [3.63, 3.8) is 0 Å². The van der Waals surface area contributed by atoms with Crippen LogP contribution in [0.4, 0.5) is 16.2 Å². The van der Waals surface area contributed by atoms with Gasteiger partial charge >= 0.3 is 0 Å². The SMILES string of the molecule is Nc1nc(N2CCN(C(=O)COc3ccccc3)CC2)c2[nH]c(-c3ccc(F)cc3)nc2n1. The zero-order valence-electron chi connectivity index (χ0n) is 17.7. The molecule has 0 aliphatic carbocycles. The zero-order valence-corrected chi connectivity index (χ0v) is 17.7. The average molecular weight is 447 g/mol. The van der Waals surface area contributed by atoms with E-state index in [0.29, 0.717) is 54.7 Å². The van der Waals surface area contributed by atoms with Gasteiger partial charge in [0.15, 0.2) is 18.1 Å². The molecule has 3 N–H and O–H groups in total. The van der Waals surface area contributed by atoms with Gasteiger partial charge in [-0.1, -0.05) is 18.2 Å². The second-order valence-corrected chi connectivity index (χ2v) is 7.67. The van der Waals surface area contributed by atoms with Crippen LogP contribution in [0.1, 0.15) is 0 Å². The fraction of sp³-hybridized carbons (Fsp3) is 0.217. The molecule has 2 aromatic carbocycles. The van der Waals surface area contributed by atoms with Crippen molar-refractivity contribution < 1.29 is 13.9 Å². The van der Waals surface area contributed by atoms with E-state index in [4.69, 9.17) is 10.5 Å². The molecule has 0 atom stereocenters. The first-order chi connectivity index (χ1) is 16.1. The van der Waals surface area contributed by atoms with Gasteiger partial charge in [0.2, 0.25) is 5.95 Å². The number of aromatic amines is 1. The first kappa shape index (κ1) is 20.7. The van der Waals surface area contributed by atoms with Crippen LogP contribution in [-0.4, -0.2) is 63.5 Å². The largest absolute Gasteiger partial charge is 0.484 e. The quantitative estimate of drug-likeness (QED) is 0.483. The number of piperazine rings is 1. The Labute approximate surface area is 189 Å². The second-order valence-electron chi connectivity index (χ2n) is 7.67. The number of anilines is 2. The van der Waals surface area contributed by atoms with Gasteiger partial charge in [0.1, 0.15) is 22.9 Å². The minimum Gasteiger partial charge on any atom is -0.484 e. The van der Waals surface area contributed by atoms with E-state index in [9.17, 15) is 9.18 Å². The number of halogens is 1. The van der Waals surface area contributed by atoms with E-state index in [0.717, 1.165) is 5.56 Å². The highest BCUT2D eigenvalue weighted by molar-refractivity contribution is 5.87. The molecular weight excluding hydrogens is 425 g/mol. The summed E-state index contributed by atoms with van der Waals surface area (Å²) in [6.07, 6.45) is 0. The highest BCUT2D eigenvalue weighted by atomic mass is 19.1. The average Bonchev–Trinajstić information content (AvgIpc) is 3.27. The lowest BCUT2D eigenvalue weighted by Crippen LogP contribution is -2.50. The number of rotatable bonds is 5. The number of fused-ring (bicyclic) bond motifs is 1. The maximum atomic E-state index is 13.3. The summed E-state index contributed by atoms with van der Waals surface area (Å²) in [5.74, 6) is 1.58. The van der Waals surface area contributed by atoms with Crippen molar-refractivity contribution in [3.8, 4) is 17.1 Å². The number of H-pyrrole nitrogens is 1. The van der Waals surface area contributed by atoms with Crippen LogP contribution in [0.3, 0.4) is 0 Å². The smallest absolute Gasteiger partial charge is 0.260 e. The van der Waals surface area contributed by atoms with Crippen LogP contribution in [0.15, 0.2) is 54.6 Å². The predicted octanol–water partition coefficient (Wildman–Crippen LogP) is 2.47. The normalized spacial score (nSPS) is 14.0. The molecular formula is C23H22FN7O2. The zero-order chi connectivity index (χ0) is 22.8. The van der Waals surface area contributed by atoms with Crippen LogP contribution < -0.4 is 15.4 Å². The maximum Gasteiger partial charge on any atom is 0.260 e. The maximum absolute atomic E-state index is 13.3. The number of benzene rings is 2. The van der Waals surface area contributed by atoms with Crippen LogP contribution in [0.25, 0.3) is 22.6 Å². The molecule has 0 bridgehead atoms. The van der Waals surface area contributed by atoms with Crippen molar-refractivity contribution in [2.75, 3.05) is 43.4 Å². The van der Waals surface area contributed by atoms with Gasteiger partial charge in [0.05, 0.1) is 0 Å². The van der Waals surface area contributed by atoms with E-state index in [1.54, 1.807) is 17.0 Å². The lowest BCUT2D eigenvalue weighted by molar-refractivity contribution is -0.133. The molecule has 10 heteroatoms. The van der Waals surface area contributed by atoms with E-state index in [2.05, 4.69) is 24.8 Å². The summed E-state index contributed by atoms with van der Waals surface area (Å²) >= 11 is 0. The van der Waals surface area contributed by atoms with E-state index in [-0.39, 0.29) is 24.3 Å². The number of nitrogens with two attached hydrogens (primary N) is 1. The molecule has 0 radical (unpaired) electrons.